The Morgan fingerprint density at radius 1 is 0.971 bits per heavy atom. The SMILES string of the molecule is CC.CCN/C(=C(\OCC1(c2ccc(C(C)=O)cc2)CC1)C(C)=O)N(C)CC.Cc1ccccc1. The quantitative estimate of drug-likeness (QED) is 0.246. The number of hydrogen-bond donors (Lipinski definition) is 1. The average Bonchev–Trinajstić information content (AvgIpc) is 3.66. The molecule has 5 nitrogen and oxygen atoms in total. The first-order valence-corrected chi connectivity index (χ1v) is 12.7. The molecule has 2 aromatic carbocycles. The van der Waals surface area contributed by atoms with Crippen LogP contribution in [0.5, 0.6) is 0 Å². The molecule has 1 fully saturated rings. The van der Waals surface area contributed by atoms with Gasteiger partial charge in [0.1, 0.15) is 5.82 Å². The van der Waals surface area contributed by atoms with Crippen molar-refractivity contribution in [2.24, 2.45) is 0 Å². The van der Waals surface area contributed by atoms with Crippen molar-refractivity contribution < 1.29 is 14.3 Å². The summed E-state index contributed by atoms with van der Waals surface area (Å²) in [5.41, 5.74) is 3.15. The van der Waals surface area contributed by atoms with Crippen LogP contribution in [0.2, 0.25) is 0 Å². The fourth-order valence-electron chi connectivity index (χ4n) is 3.52. The second kappa shape index (κ2) is 15.0. The van der Waals surface area contributed by atoms with Crippen molar-refractivity contribution in [1.82, 2.24) is 10.2 Å². The van der Waals surface area contributed by atoms with E-state index in [9.17, 15) is 9.59 Å². The van der Waals surface area contributed by atoms with E-state index in [1.54, 1.807) is 6.92 Å². The molecule has 2 aromatic rings. The number of ether oxygens (including phenoxy) is 1. The highest BCUT2D eigenvalue weighted by Gasteiger charge is 2.45. The van der Waals surface area contributed by atoms with Crippen LogP contribution < -0.4 is 5.32 Å². The largest absolute Gasteiger partial charge is 0.486 e. The molecule has 1 N–H and O–H groups in total. The van der Waals surface area contributed by atoms with Crippen LogP contribution in [0.3, 0.4) is 0 Å². The van der Waals surface area contributed by atoms with Crippen LogP contribution in [0.4, 0.5) is 0 Å². The number of benzene rings is 2. The molecule has 0 radical (unpaired) electrons. The lowest BCUT2D eigenvalue weighted by molar-refractivity contribution is -0.117. The van der Waals surface area contributed by atoms with E-state index in [-0.39, 0.29) is 17.0 Å². The fraction of sp³-hybridized carbons (Fsp3) is 0.467. The van der Waals surface area contributed by atoms with Crippen molar-refractivity contribution in [3.8, 4) is 0 Å². The summed E-state index contributed by atoms with van der Waals surface area (Å²) in [7, 11) is 1.94. The summed E-state index contributed by atoms with van der Waals surface area (Å²) in [5, 5.41) is 3.25. The zero-order chi connectivity index (χ0) is 26.4. The summed E-state index contributed by atoms with van der Waals surface area (Å²) in [4.78, 5) is 25.6. The molecule has 0 spiro atoms. The van der Waals surface area contributed by atoms with E-state index in [1.165, 1.54) is 18.1 Å². The second-order valence-corrected chi connectivity index (χ2v) is 8.64. The first kappa shape index (κ1) is 30.0. The van der Waals surface area contributed by atoms with Crippen LogP contribution in [0, 0.1) is 6.92 Å². The maximum Gasteiger partial charge on any atom is 0.202 e. The van der Waals surface area contributed by atoms with Crippen LogP contribution >= 0.6 is 0 Å². The van der Waals surface area contributed by atoms with Crippen molar-refractivity contribution in [1.29, 1.82) is 0 Å². The van der Waals surface area contributed by atoms with Gasteiger partial charge in [-0.3, -0.25) is 9.59 Å². The number of carbonyl (C=O) groups excluding carboxylic acids is 2. The molecular weight excluding hydrogens is 436 g/mol. The van der Waals surface area contributed by atoms with E-state index in [4.69, 9.17) is 4.74 Å². The lowest BCUT2D eigenvalue weighted by Gasteiger charge is -2.25. The number of nitrogens with zero attached hydrogens (tertiary/aromatic N) is 1. The molecule has 1 aliphatic rings. The van der Waals surface area contributed by atoms with E-state index in [2.05, 4.69) is 24.4 Å². The molecule has 0 heterocycles. The molecular formula is C30H44N2O3. The summed E-state index contributed by atoms with van der Waals surface area (Å²) < 4.78 is 6.06. The Morgan fingerprint density at radius 3 is 1.91 bits per heavy atom. The van der Waals surface area contributed by atoms with Gasteiger partial charge in [0.15, 0.2) is 11.6 Å². The molecule has 0 aromatic heterocycles. The number of aryl methyl sites for hydroxylation is 1. The Hall–Kier alpha value is -3.08. The van der Waals surface area contributed by atoms with Gasteiger partial charge in [0.05, 0.1) is 6.61 Å². The van der Waals surface area contributed by atoms with E-state index in [0.29, 0.717) is 17.9 Å². The summed E-state index contributed by atoms with van der Waals surface area (Å²) in [6, 6.07) is 18.0. The smallest absolute Gasteiger partial charge is 0.202 e. The number of allylic oxidation sites excluding steroid dienone is 1. The molecule has 5 heteroatoms. The molecule has 0 saturated heterocycles. The Kier molecular flexibility index (Phi) is 12.9. The maximum absolute atomic E-state index is 12.2. The van der Waals surface area contributed by atoms with Crippen LogP contribution in [-0.2, 0) is 14.9 Å². The minimum absolute atomic E-state index is 0.0574. The molecule has 1 saturated carbocycles. The molecule has 0 bridgehead atoms. The molecule has 192 valence electrons. The minimum atomic E-state index is -0.0797. The van der Waals surface area contributed by atoms with Crippen molar-refractivity contribution in [3.05, 3.63) is 82.9 Å². The average molecular weight is 481 g/mol. The van der Waals surface area contributed by atoms with E-state index in [0.717, 1.165) is 31.8 Å². The Morgan fingerprint density at radius 2 is 1.54 bits per heavy atom. The minimum Gasteiger partial charge on any atom is -0.486 e. The van der Waals surface area contributed by atoms with Gasteiger partial charge in [-0.15, -0.1) is 0 Å². The first-order chi connectivity index (χ1) is 16.7. The lowest BCUT2D eigenvalue weighted by Crippen LogP contribution is -2.32. The summed E-state index contributed by atoms with van der Waals surface area (Å²) in [5.74, 6) is 1.12. The predicted molar refractivity (Wildman–Crippen MR) is 146 cm³/mol. The zero-order valence-corrected chi connectivity index (χ0v) is 22.9. The zero-order valence-electron chi connectivity index (χ0n) is 22.9. The Labute approximate surface area is 212 Å². The first-order valence-electron chi connectivity index (χ1n) is 12.7. The highest BCUT2D eigenvalue weighted by Crippen LogP contribution is 2.48. The molecule has 3 rings (SSSR count). The topological polar surface area (TPSA) is 58.6 Å². The Balaban J connectivity index is 0.000000574. The van der Waals surface area contributed by atoms with Gasteiger partial charge >= 0.3 is 0 Å². The molecule has 0 atom stereocenters. The van der Waals surface area contributed by atoms with Crippen LogP contribution in [0.15, 0.2) is 66.2 Å². The van der Waals surface area contributed by atoms with Gasteiger partial charge in [-0.1, -0.05) is 74.0 Å². The second-order valence-electron chi connectivity index (χ2n) is 8.64. The van der Waals surface area contributed by atoms with Crippen LogP contribution in [0.1, 0.15) is 75.9 Å². The van der Waals surface area contributed by atoms with Crippen molar-refractivity contribution >= 4 is 11.6 Å². The van der Waals surface area contributed by atoms with Gasteiger partial charge < -0.3 is 15.0 Å². The van der Waals surface area contributed by atoms with Gasteiger partial charge in [-0.25, -0.2) is 0 Å². The van der Waals surface area contributed by atoms with Gasteiger partial charge in [0.2, 0.25) is 5.76 Å². The number of rotatable bonds is 10. The fourth-order valence-corrected chi connectivity index (χ4v) is 3.52. The molecule has 0 amide bonds. The summed E-state index contributed by atoms with van der Waals surface area (Å²) in [6.45, 7) is 15.2. The van der Waals surface area contributed by atoms with Gasteiger partial charge in [-0.05, 0) is 46.1 Å². The normalized spacial score (nSPS) is 13.6. The predicted octanol–water partition coefficient (Wildman–Crippen LogP) is 6.28. The number of nitrogens with one attached hydrogen (secondary N) is 1. The molecule has 0 unspecified atom stereocenters. The lowest BCUT2D eigenvalue weighted by atomic mass is 9.95. The highest BCUT2D eigenvalue weighted by atomic mass is 16.5. The maximum atomic E-state index is 12.2. The third-order valence-corrected chi connectivity index (χ3v) is 5.93. The van der Waals surface area contributed by atoms with Crippen molar-refractivity contribution in [2.75, 3.05) is 26.7 Å². The van der Waals surface area contributed by atoms with E-state index in [1.807, 2.05) is 82.1 Å². The molecule has 0 aliphatic heterocycles. The number of Topliss-reactive ketones (excluding diaryl/α,β-unsaturated/α-hetero) is 2. The number of hydrogen-bond acceptors (Lipinski definition) is 5. The monoisotopic (exact) mass is 480 g/mol. The van der Waals surface area contributed by atoms with Crippen molar-refractivity contribution in [3.63, 3.8) is 0 Å². The van der Waals surface area contributed by atoms with Crippen LogP contribution in [0.25, 0.3) is 0 Å². The molecule has 35 heavy (non-hydrogen) atoms. The van der Waals surface area contributed by atoms with E-state index < -0.39 is 0 Å². The summed E-state index contributed by atoms with van der Waals surface area (Å²) >= 11 is 0. The van der Waals surface area contributed by atoms with Crippen LogP contribution in [-0.4, -0.2) is 43.2 Å². The third kappa shape index (κ3) is 9.23. The standard InChI is InChI=1S/C21H30N2O3.C7H8.C2H6/c1-6-22-20(23(5)7-2)19(16(4)25)26-14-21(12-13-21)18-10-8-17(9-11-18)15(3)24;1-7-5-3-2-4-6-7;1-2/h8-11,22H,6-7,12-14H2,1-5H3;2-6H,1H3;1-2H3/b20-19+;;. The van der Waals surface area contributed by atoms with Crippen molar-refractivity contribution in [2.45, 2.75) is 66.7 Å². The van der Waals surface area contributed by atoms with E-state index >= 15 is 0 Å². The number of carbonyl (C=O) groups is 2. The highest BCUT2D eigenvalue weighted by molar-refractivity contribution is 5.94. The summed E-state index contributed by atoms with van der Waals surface area (Å²) in [6.07, 6.45) is 2.05. The Bertz CT molecular complexity index is 945. The molecule has 1 aliphatic carbocycles. The third-order valence-electron chi connectivity index (χ3n) is 5.93. The number of ketones is 2. The van der Waals surface area contributed by atoms with Gasteiger partial charge in [0, 0.05) is 38.0 Å². The van der Waals surface area contributed by atoms with Gasteiger partial charge in [-0.2, -0.15) is 0 Å². The van der Waals surface area contributed by atoms with Gasteiger partial charge in [0.25, 0.3) is 0 Å².